The monoisotopic (exact) mass is 854 g/mol. The Balaban J connectivity index is 0.000000606. The van der Waals surface area contributed by atoms with E-state index < -0.39 is 6.03 Å². The number of urea groups is 1. The molecule has 4 rings (SSSR count). The number of unbranched alkanes of at least 4 members (excludes halogenated alkanes) is 1. The predicted octanol–water partition coefficient (Wildman–Crippen LogP) is 9.08. The maximum atomic E-state index is 12.8. The number of aliphatic hydroxyl groups excluding tert-OH is 1. The molecule has 0 fully saturated rings. The van der Waals surface area contributed by atoms with Gasteiger partial charge in [-0.05, 0) is 108 Å². The van der Waals surface area contributed by atoms with Gasteiger partial charge in [-0.2, -0.15) is 0 Å². The molecule has 0 aliphatic rings. The van der Waals surface area contributed by atoms with E-state index in [0.717, 1.165) is 43.4 Å². The number of nitrogens with one attached hydrogen (secondary N) is 4. The molecule has 13 nitrogen and oxygen atoms in total. The third kappa shape index (κ3) is 16.6. The lowest BCUT2D eigenvalue weighted by Crippen LogP contribution is -2.25. The molecule has 5 N–H and O–H groups in total. The van der Waals surface area contributed by atoms with Gasteiger partial charge in [0.15, 0.2) is 11.6 Å². The second kappa shape index (κ2) is 25.7. The van der Waals surface area contributed by atoms with Crippen molar-refractivity contribution in [2.75, 3.05) is 29.0 Å². The minimum absolute atomic E-state index is 0.0861. The molecular weight excluding hydrogens is 796 g/mol. The van der Waals surface area contributed by atoms with Crippen molar-refractivity contribution in [1.29, 1.82) is 0 Å². The van der Waals surface area contributed by atoms with Gasteiger partial charge >= 0.3 is 6.03 Å². The van der Waals surface area contributed by atoms with Crippen LogP contribution in [0.2, 0.25) is 5.15 Å². The van der Waals surface area contributed by atoms with Crippen LogP contribution in [0.4, 0.5) is 21.9 Å². The van der Waals surface area contributed by atoms with Crippen molar-refractivity contribution in [2.24, 2.45) is 11.8 Å². The molecule has 0 aliphatic carbocycles. The number of hydrogen-bond donors (Lipinski definition) is 5. The van der Waals surface area contributed by atoms with Crippen molar-refractivity contribution in [3.8, 4) is 0 Å². The maximum absolute atomic E-state index is 12.8. The number of rotatable bonds is 22. The molecule has 326 valence electrons. The van der Waals surface area contributed by atoms with Gasteiger partial charge in [-0.25, -0.2) is 9.78 Å². The normalized spacial score (nSPS) is 11.6. The molecule has 3 amide bonds. The second-order valence-corrected chi connectivity index (χ2v) is 15.3. The molecule has 2 aromatic carbocycles. The number of ketones is 4. The van der Waals surface area contributed by atoms with Crippen molar-refractivity contribution in [3.63, 3.8) is 0 Å². The van der Waals surface area contributed by atoms with Crippen LogP contribution in [0.5, 0.6) is 0 Å². The minimum atomic E-state index is -0.504. The van der Waals surface area contributed by atoms with Crippen molar-refractivity contribution < 1.29 is 33.9 Å². The fourth-order valence-electron chi connectivity index (χ4n) is 6.45. The highest BCUT2D eigenvalue weighted by molar-refractivity contribution is 6.29. The van der Waals surface area contributed by atoms with Crippen LogP contribution in [0.1, 0.15) is 128 Å². The molecule has 14 heteroatoms. The molecule has 2 unspecified atom stereocenters. The molecule has 0 saturated heterocycles. The third-order valence-corrected chi connectivity index (χ3v) is 10.5. The summed E-state index contributed by atoms with van der Waals surface area (Å²) in [6.45, 7) is 11.3. The van der Waals surface area contributed by atoms with E-state index >= 15 is 0 Å². The largest absolute Gasteiger partial charge is 0.392 e. The van der Waals surface area contributed by atoms with Gasteiger partial charge in [0.2, 0.25) is 0 Å². The molecule has 0 bridgehead atoms. The zero-order chi connectivity index (χ0) is 44.9. The zero-order valence-corrected chi connectivity index (χ0v) is 36.8. The summed E-state index contributed by atoms with van der Waals surface area (Å²) >= 11 is 5.92. The quantitative estimate of drug-likeness (QED) is 0.0289. The number of halogens is 1. The van der Waals surface area contributed by atoms with E-state index in [1.165, 1.54) is 26.1 Å². The third-order valence-electron chi connectivity index (χ3n) is 10.3. The lowest BCUT2D eigenvalue weighted by atomic mass is 9.91. The number of hydrogen-bond acceptors (Lipinski definition) is 10. The van der Waals surface area contributed by atoms with E-state index in [1.807, 2.05) is 39.0 Å². The molecule has 4 aromatic rings. The smallest absolute Gasteiger partial charge is 0.323 e. The average Bonchev–Trinajstić information content (AvgIpc) is 3.24. The van der Waals surface area contributed by atoms with Crippen molar-refractivity contribution >= 4 is 63.7 Å². The maximum Gasteiger partial charge on any atom is 0.323 e. The summed E-state index contributed by atoms with van der Waals surface area (Å²) in [5, 5.41) is 21.3. The van der Waals surface area contributed by atoms with Crippen LogP contribution < -0.4 is 21.3 Å². The summed E-state index contributed by atoms with van der Waals surface area (Å²) in [4.78, 5) is 80.3. The highest BCUT2D eigenvalue weighted by Gasteiger charge is 2.17. The van der Waals surface area contributed by atoms with Crippen LogP contribution in [-0.4, -0.2) is 63.2 Å². The summed E-state index contributed by atoms with van der Waals surface area (Å²) in [7, 11) is 0. The summed E-state index contributed by atoms with van der Waals surface area (Å²) in [6.07, 6.45) is 8.76. The van der Waals surface area contributed by atoms with Crippen LogP contribution in [0.25, 0.3) is 0 Å². The Hall–Kier alpha value is -5.79. The first kappa shape index (κ1) is 49.6. The van der Waals surface area contributed by atoms with Crippen LogP contribution >= 0.6 is 11.6 Å². The molecule has 0 spiro atoms. The summed E-state index contributed by atoms with van der Waals surface area (Å²) < 4.78 is 0. The number of aryl methyl sites for hydroxylation is 2. The van der Waals surface area contributed by atoms with Crippen molar-refractivity contribution in [1.82, 2.24) is 15.3 Å². The van der Waals surface area contributed by atoms with Gasteiger partial charge in [0.1, 0.15) is 16.7 Å². The molecule has 61 heavy (non-hydrogen) atoms. The Kier molecular flexibility index (Phi) is 20.9. The van der Waals surface area contributed by atoms with Crippen LogP contribution in [0.15, 0.2) is 73.1 Å². The Morgan fingerprint density at radius 2 is 1.54 bits per heavy atom. The standard InChI is InChI=1S/C35H37ClN6O5.C12H22O2/c1-22(44)29-9-6-10-30(33(29)23(2)45)38-14-3-4-15-39-34(46)25-8-5-7-24(17-25)11-12-27-18-28(13-16-37-27)41-35(47)42-31-19-32(36)40-20-26(31)21-43;1-5-9(3)12(14)8-7-11(6-2)10(4)13/h5-10,13,16-20,38,43H,3-4,11-12,14-15,21H2,1-2H3,(H,39,46)(H2,37,40,41,42,47);9,11H,5-8H2,1-4H3. The number of carbonyl (C=O) groups is 6. The lowest BCUT2D eigenvalue weighted by Gasteiger charge is -2.13. The lowest BCUT2D eigenvalue weighted by molar-refractivity contribution is -0.124. The number of anilines is 3. The van der Waals surface area contributed by atoms with E-state index in [0.29, 0.717) is 77.5 Å². The Morgan fingerprint density at radius 1 is 0.803 bits per heavy atom. The summed E-state index contributed by atoms with van der Waals surface area (Å²) in [5.74, 6) is 0.266. The van der Waals surface area contributed by atoms with Gasteiger partial charge < -0.3 is 26.4 Å². The first-order chi connectivity index (χ1) is 29.2. The van der Waals surface area contributed by atoms with Gasteiger partial charge in [-0.3, -0.25) is 29.0 Å². The number of aromatic nitrogens is 2. The van der Waals surface area contributed by atoms with Gasteiger partial charge in [0, 0.05) is 77.5 Å². The molecule has 0 saturated carbocycles. The SMILES string of the molecule is CC(=O)c1cccc(NCCCCNC(=O)c2cccc(CCc3cc(NC(=O)Nc4cc(Cl)ncc4CO)ccn3)c2)c1C(C)=O.CCC(C)C(=O)CCC(CC)C(C)=O. The Bertz CT molecular complexity index is 2140. The Labute approximate surface area is 363 Å². The highest BCUT2D eigenvalue weighted by atomic mass is 35.5. The van der Waals surface area contributed by atoms with E-state index in [4.69, 9.17) is 11.6 Å². The number of amides is 3. The Morgan fingerprint density at radius 3 is 2.21 bits per heavy atom. The number of benzene rings is 2. The van der Waals surface area contributed by atoms with E-state index in [-0.39, 0.29) is 46.9 Å². The van der Waals surface area contributed by atoms with Crippen LogP contribution in [-0.2, 0) is 29.0 Å². The topological polar surface area (TPSA) is 197 Å². The summed E-state index contributed by atoms with van der Waals surface area (Å²) in [6, 6.07) is 17.0. The molecular formula is C47H59ClN6O7. The minimum Gasteiger partial charge on any atom is -0.392 e. The van der Waals surface area contributed by atoms with Crippen molar-refractivity contribution in [3.05, 3.63) is 112 Å². The van der Waals surface area contributed by atoms with E-state index in [1.54, 1.807) is 49.5 Å². The summed E-state index contributed by atoms with van der Waals surface area (Å²) in [5.41, 5.74) is 5.08. The highest BCUT2D eigenvalue weighted by Crippen LogP contribution is 2.23. The van der Waals surface area contributed by atoms with E-state index in [2.05, 4.69) is 31.2 Å². The molecule has 0 radical (unpaired) electrons. The van der Waals surface area contributed by atoms with Crippen LogP contribution in [0.3, 0.4) is 0 Å². The van der Waals surface area contributed by atoms with Gasteiger partial charge in [0.25, 0.3) is 5.91 Å². The molecule has 0 aliphatic heterocycles. The number of carbonyl (C=O) groups excluding carboxylic acids is 6. The first-order valence-corrected chi connectivity index (χ1v) is 21.1. The fourth-order valence-corrected chi connectivity index (χ4v) is 6.61. The average molecular weight is 855 g/mol. The van der Waals surface area contributed by atoms with Gasteiger partial charge in [0.05, 0.1) is 17.9 Å². The molecule has 2 atom stereocenters. The zero-order valence-electron chi connectivity index (χ0n) is 36.0. The number of nitrogens with zero attached hydrogens (tertiary/aromatic N) is 2. The van der Waals surface area contributed by atoms with Crippen LogP contribution in [0, 0.1) is 11.8 Å². The number of Topliss-reactive ketones (excluding diaryl/α,β-unsaturated/α-hetero) is 4. The number of aliphatic hydroxyl groups is 1. The van der Waals surface area contributed by atoms with E-state index in [9.17, 15) is 33.9 Å². The van der Waals surface area contributed by atoms with Gasteiger partial charge in [-0.15, -0.1) is 0 Å². The first-order valence-electron chi connectivity index (χ1n) is 20.7. The predicted molar refractivity (Wildman–Crippen MR) is 241 cm³/mol. The molecule has 2 heterocycles. The fraction of sp³-hybridized carbons (Fsp3) is 0.404. The second-order valence-electron chi connectivity index (χ2n) is 14.9. The number of pyridine rings is 2. The van der Waals surface area contributed by atoms with Gasteiger partial charge in [-0.1, -0.05) is 56.6 Å². The molecule has 2 aromatic heterocycles. The van der Waals surface area contributed by atoms with Crippen molar-refractivity contribution in [2.45, 2.75) is 99.5 Å².